The number of rotatable bonds is 5. The number of methoxy groups -OCH3 is 1. The summed E-state index contributed by atoms with van der Waals surface area (Å²) in [5.74, 6) is 0.854. The summed E-state index contributed by atoms with van der Waals surface area (Å²) in [6.45, 7) is 1.52. The zero-order valence-electron chi connectivity index (χ0n) is 16.0. The fraction of sp³-hybridized carbons (Fsp3) is 0.450. The van der Waals surface area contributed by atoms with Gasteiger partial charge in [0, 0.05) is 57.0 Å². The predicted molar refractivity (Wildman–Crippen MR) is 107 cm³/mol. The van der Waals surface area contributed by atoms with Gasteiger partial charge in [-0.3, -0.25) is 4.79 Å². The molecule has 1 amide bonds. The summed E-state index contributed by atoms with van der Waals surface area (Å²) in [5, 5.41) is 0.695. The number of halogens is 1. The maximum absolute atomic E-state index is 12.3. The minimum Gasteiger partial charge on any atom is -0.375 e. The van der Waals surface area contributed by atoms with Crippen molar-refractivity contribution in [3.05, 3.63) is 41.2 Å². The van der Waals surface area contributed by atoms with Crippen LogP contribution in [-0.2, 0) is 9.53 Å². The summed E-state index contributed by atoms with van der Waals surface area (Å²) in [4.78, 5) is 25.4. The molecule has 144 valence electrons. The Morgan fingerprint density at radius 1 is 1.33 bits per heavy atom. The van der Waals surface area contributed by atoms with Crippen molar-refractivity contribution in [2.45, 2.75) is 18.8 Å². The van der Waals surface area contributed by atoms with Crippen molar-refractivity contribution in [2.24, 2.45) is 0 Å². The number of likely N-dealkylation sites (tertiary alicyclic amines) is 1. The van der Waals surface area contributed by atoms with E-state index in [1.54, 1.807) is 7.11 Å². The zero-order valence-corrected chi connectivity index (χ0v) is 16.7. The van der Waals surface area contributed by atoms with E-state index < -0.39 is 0 Å². The van der Waals surface area contributed by atoms with Crippen molar-refractivity contribution < 1.29 is 9.53 Å². The number of carbonyl (C=O) groups excluding carboxylic acids is 1. The first kappa shape index (κ1) is 19.6. The van der Waals surface area contributed by atoms with Gasteiger partial charge in [0.25, 0.3) is 0 Å². The van der Waals surface area contributed by atoms with E-state index in [1.165, 1.54) is 0 Å². The molecule has 0 N–H and O–H groups in total. The van der Waals surface area contributed by atoms with Crippen LogP contribution < -0.4 is 4.90 Å². The molecule has 0 aliphatic carbocycles. The molecule has 1 unspecified atom stereocenters. The van der Waals surface area contributed by atoms with Crippen LogP contribution in [0.4, 0.5) is 5.95 Å². The quantitative estimate of drug-likeness (QED) is 0.787. The summed E-state index contributed by atoms with van der Waals surface area (Å²) >= 11 is 6.04. The van der Waals surface area contributed by atoms with E-state index in [0.717, 1.165) is 36.2 Å². The van der Waals surface area contributed by atoms with E-state index in [0.29, 0.717) is 17.5 Å². The Kier molecular flexibility index (Phi) is 6.29. The van der Waals surface area contributed by atoms with Crippen LogP contribution in [0.1, 0.15) is 24.5 Å². The van der Waals surface area contributed by atoms with E-state index in [4.69, 9.17) is 21.3 Å². The van der Waals surface area contributed by atoms with Gasteiger partial charge in [-0.1, -0.05) is 23.7 Å². The average molecular weight is 389 g/mol. The van der Waals surface area contributed by atoms with E-state index in [1.807, 2.05) is 54.4 Å². The molecular weight excluding hydrogens is 364 g/mol. The highest BCUT2D eigenvalue weighted by Crippen LogP contribution is 2.34. The second-order valence-corrected chi connectivity index (χ2v) is 7.42. The van der Waals surface area contributed by atoms with Crippen molar-refractivity contribution >= 4 is 23.5 Å². The van der Waals surface area contributed by atoms with Crippen LogP contribution in [0, 0.1) is 0 Å². The van der Waals surface area contributed by atoms with Crippen LogP contribution in [0.25, 0.3) is 11.1 Å². The molecule has 27 heavy (non-hydrogen) atoms. The second-order valence-electron chi connectivity index (χ2n) is 6.98. The Labute approximate surface area is 165 Å². The maximum Gasteiger partial charge on any atom is 0.248 e. The largest absolute Gasteiger partial charge is 0.375 e. The van der Waals surface area contributed by atoms with Crippen LogP contribution in [-0.4, -0.2) is 61.7 Å². The van der Waals surface area contributed by atoms with Crippen molar-refractivity contribution in [3.63, 3.8) is 0 Å². The van der Waals surface area contributed by atoms with Crippen LogP contribution in [0.3, 0.4) is 0 Å². The number of carbonyl (C=O) groups is 1. The molecule has 7 heteroatoms. The van der Waals surface area contributed by atoms with Gasteiger partial charge in [0.05, 0.1) is 5.69 Å². The third-order valence-corrected chi connectivity index (χ3v) is 5.04. The monoisotopic (exact) mass is 388 g/mol. The Morgan fingerprint density at radius 3 is 2.74 bits per heavy atom. The van der Waals surface area contributed by atoms with E-state index in [9.17, 15) is 4.79 Å². The Balaban J connectivity index is 1.97. The molecule has 1 aliphatic rings. The van der Waals surface area contributed by atoms with Gasteiger partial charge in [-0.15, -0.1) is 0 Å². The lowest BCUT2D eigenvalue weighted by Gasteiger charge is -2.33. The van der Waals surface area contributed by atoms with Gasteiger partial charge in [-0.05, 0) is 30.5 Å². The van der Waals surface area contributed by atoms with Crippen LogP contribution in [0.2, 0.25) is 5.02 Å². The fourth-order valence-corrected chi connectivity index (χ4v) is 3.53. The molecule has 1 aliphatic heterocycles. The van der Waals surface area contributed by atoms with Gasteiger partial charge in [-0.25, -0.2) is 9.97 Å². The Morgan fingerprint density at radius 2 is 2.07 bits per heavy atom. The van der Waals surface area contributed by atoms with E-state index in [2.05, 4.69) is 4.98 Å². The average Bonchev–Trinajstić information content (AvgIpc) is 2.68. The fourth-order valence-electron chi connectivity index (χ4n) is 3.41. The lowest BCUT2D eigenvalue weighted by atomic mass is 9.90. The standard InChI is InChI=1S/C20H25ClN4O2/c1-24(2)20-22-11-17(14-6-8-16(21)9-7-14)19(23-20)15-5-4-10-25(12-15)18(26)13-27-3/h6-9,11,15H,4-5,10,12-13H2,1-3H3. The van der Waals surface area contributed by atoms with Gasteiger partial charge in [0.15, 0.2) is 0 Å². The van der Waals surface area contributed by atoms with Gasteiger partial charge in [-0.2, -0.15) is 0 Å². The lowest BCUT2D eigenvalue weighted by Crippen LogP contribution is -2.41. The first-order valence-corrected chi connectivity index (χ1v) is 9.44. The summed E-state index contributed by atoms with van der Waals surface area (Å²) in [6.07, 6.45) is 3.81. The molecule has 3 rings (SSSR count). The van der Waals surface area contributed by atoms with Crippen molar-refractivity contribution in [3.8, 4) is 11.1 Å². The minimum atomic E-state index is 0.0251. The van der Waals surface area contributed by atoms with Crippen molar-refractivity contribution in [1.82, 2.24) is 14.9 Å². The number of anilines is 1. The zero-order chi connectivity index (χ0) is 19.4. The van der Waals surface area contributed by atoms with Crippen LogP contribution in [0.15, 0.2) is 30.5 Å². The van der Waals surface area contributed by atoms with Gasteiger partial charge in [0.1, 0.15) is 6.61 Å². The molecule has 1 saturated heterocycles. The molecule has 1 aromatic carbocycles. The molecule has 1 atom stereocenters. The second kappa shape index (κ2) is 8.67. The molecule has 1 aromatic heterocycles. The number of aromatic nitrogens is 2. The molecule has 1 fully saturated rings. The first-order chi connectivity index (χ1) is 13.0. The smallest absolute Gasteiger partial charge is 0.248 e. The molecular formula is C20H25ClN4O2. The lowest BCUT2D eigenvalue weighted by molar-refractivity contribution is -0.136. The minimum absolute atomic E-state index is 0.0251. The third kappa shape index (κ3) is 4.57. The highest BCUT2D eigenvalue weighted by Gasteiger charge is 2.28. The number of hydrogen-bond acceptors (Lipinski definition) is 5. The predicted octanol–water partition coefficient (Wildman–Crippen LogP) is 3.22. The third-order valence-electron chi connectivity index (χ3n) is 4.79. The molecule has 0 saturated carbocycles. The van der Waals surface area contributed by atoms with Crippen molar-refractivity contribution in [1.29, 1.82) is 0 Å². The summed E-state index contributed by atoms with van der Waals surface area (Å²) in [6, 6.07) is 7.71. The first-order valence-electron chi connectivity index (χ1n) is 9.06. The van der Waals surface area contributed by atoms with E-state index in [-0.39, 0.29) is 18.4 Å². The van der Waals surface area contributed by atoms with Crippen molar-refractivity contribution in [2.75, 3.05) is 45.8 Å². The number of nitrogens with zero attached hydrogens (tertiary/aromatic N) is 4. The van der Waals surface area contributed by atoms with E-state index >= 15 is 0 Å². The number of amides is 1. The number of hydrogen-bond donors (Lipinski definition) is 0. The van der Waals surface area contributed by atoms with Gasteiger partial charge < -0.3 is 14.5 Å². The molecule has 2 aromatic rings. The SMILES string of the molecule is COCC(=O)N1CCCC(c2nc(N(C)C)ncc2-c2ccc(Cl)cc2)C1. The van der Waals surface area contributed by atoms with Gasteiger partial charge >= 0.3 is 0 Å². The highest BCUT2D eigenvalue weighted by atomic mass is 35.5. The summed E-state index contributed by atoms with van der Waals surface area (Å²) in [7, 11) is 5.40. The number of piperidine rings is 1. The Hall–Kier alpha value is -2.18. The summed E-state index contributed by atoms with van der Waals surface area (Å²) < 4.78 is 5.02. The molecule has 6 nitrogen and oxygen atoms in total. The molecule has 0 spiro atoms. The Bertz CT molecular complexity index is 795. The molecule has 2 heterocycles. The van der Waals surface area contributed by atoms with Gasteiger partial charge in [0.2, 0.25) is 11.9 Å². The van der Waals surface area contributed by atoms with Crippen LogP contribution >= 0.6 is 11.6 Å². The number of ether oxygens (including phenoxy) is 1. The number of benzene rings is 1. The highest BCUT2D eigenvalue weighted by molar-refractivity contribution is 6.30. The van der Waals surface area contributed by atoms with Crippen LogP contribution in [0.5, 0.6) is 0 Å². The summed E-state index contributed by atoms with van der Waals surface area (Å²) in [5.41, 5.74) is 2.99. The molecule has 0 bridgehead atoms. The molecule has 0 radical (unpaired) electrons. The topological polar surface area (TPSA) is 58.6 Å². The normalized spacial score (nSPS) is 17.0. The maximum atomic E-state index is 12.3.